The third-order valence-corrected chi connectivity index (χ3v) is 5.06. The Bertz CT molecular complexity index is 1010. The van der Waals surface area contributed by atoms with Crippen LogP contribution in [0.1, 0.15) is 29.5 Å². The van der Waals surface area contributed by atoms with Gasteiger partial charge in [0.1, 0.15) is 5.82 Å². The van der Waals surface area contributed by atoms with Gasteiger partial charge >= 0.3 is 0 Å². The Morgan fingerprint density at radius 1 is 0.867 bits per heavy atom. The first kappa shape index (κ1) is 21.7. The highest BCUT2D eigenvalue weighted by Gasteiger charge is 2.15. The summed E-state index contributed by atoms with van der Waals surface area (Å²) >= 11 is 0. The highest BCUT2D eigenvalue weighted by Crippen LogP contribution is 2.30. The molecule has 0 heterocycles. The Morgan fingerprint density at radius 2 is 1.57 bits per heavy atom. The molecule has 0 aliphatic heterocycles. The second kappa shape index (κ2) is 10.1. The van der Waals surface area contributed by atoms with Gasteiger partial charge in [-0.2, -0.15) is 4.39 Å². The van der Waals surface area contributed by atoms with Crippen molar-refractivity contribution in [1.82, 2.24) is 0 Å². The summed E-state index contributed by atoms with van der Waals surface area (Å²) in [4.78, 5) is 0. The van der Waals surface area contributed by atoms with E-state index < -0.39 is 11.6 Å². The Hall–Kier alpha value is -3.01. The van der Waals surface area contributed by atoms with Crippen molar-refractivity contribution in [3.8, 4) is 16.9 Å². The van der Waals surface area contributed by atoms with E-state index in [0.29, 0.717) is 30.6 Å². The molecule has 0 radical (unpaired) electrons. The van der Waals surface area contributed by atoms with Gasteiger partial charge in [0.15, 0.2) is 11.6 Å². The first-order valence-corrected chi connectivity index (χ1v) is 10.1. The topological polar surface area (TPSA) is 9.23 Å². The second-order valence-corrected chi connectivity index (χ2v) is 7.30. The molecule has 1 nitrogen and oxygen atoms in total. The number of unbranched alkanes of at least 4 members (excludes halogenated alkanes) is 1. The molecule has 0 saturated heterocycles. The highest BCUT2D eigenvalue weighted by molar-refractivity contribution is 5.65. The molecule has 0 atom stereocenters. The van der Waals surface area contributed by atoms with Gasteiger partial charge < -0.3 is 4.74 Å². The average molecular weight is 410 g/mol. The molecule has 156 valence electrons. The molecule has 4 heteroatoms. The summed E-state index contributed by atoms with van der Waals surface area (Å²) in [5.74, 6) is -2.17. The fourth-order valence-corrected chi connectivity index (χ4v) is 3.21. The third kappa shape index (κ3) is 5.32. The van der Waals surface area contributed by atoms with E-state index >= 15 is 0 Å². The standard InChI is InChI=1S/C26H25F3O/c1-3-4-5-16-30-24-15-14-22(25(28)26(24)29)21-12-10-19(11-13-21)8-9-20-7-6-18(2)23(27)17-20/h3,6-7,10-15,17H,1,4-5,8-9,16H2,2H3. The minimum atomic E-state index is -0.975. The number of hydrogen-bond acceptors (Lipinski definition) is 1. The number of hydrogen-bond donors (Lipinski definition) is 0. The first-order chi connectivity index (χ1) is 14.5. The molecule has 0 saturated carbocycles. The zero-order valence-electron chi connectivity index (χ0n) is 17.1. The number of allylic oxidation sites excluding steroid dienone is 1. The molecule has 3 rings (SSSR count). The molecule has 0 unspecified atom stereocenters. The van der Waals surface area contributed by atoms with Crippen molar-refractivity contribution in [3.05, 3.63) is 101 Å². The molecule has 0 N–H and O–H groups in total. The lowest BCUT2D eigenvalue weighted by molar-refractivity contribution is 0.291. The van der Waals surface area contributed by atoms with Crippen LogP contribution in [-0.2, 0) is 12.8 Å². The number of benzene rings is 3. The van der Waals surface area contributed by atoms with Crippen LogP contribution in [-0.4, -0.2) is 6.61 Å². The highest BCUT2D eigenvalue weighted by atomic mass is 19.2. The van der Waals surface area contributed by atoms with Gasteiger partial charge in [0, 0.05) is 5.56 Å². The van der Waals surface area contributed by atoms with Crippen LogP contribution >= 0.6 is 0 Å². The maximum absolute atomic E-state index is 14.6. The van der Waals surface area contributed by atoms with Crippen molar-refractivity contribution in [2.75, 3.05) is 6.61 Å². The Labute approximate surface area is 175 Å². The Morgan fingerprint density at radius 3 is 2.27 bits per heavy atom. The normalized spacial score (nSPS) is 10.8. The largest absolute Gasteiger partial charge is 0.490 e. The van der Waals surface area contributed by atoms with Crippen LogP contribution in [0.15, 0.2) is 67.3 Å². The van der Waals surface area contributed by atoms with Gasteiger partial charge in [0.2, 0.25) is 5.82 Å². The molecule has 0 aliphatic rings. The summed E-state index contributed by atoms with van der Waals surface area (Å²) in [6.07, 6.45) is 4.65. The maximum atomic E-state index is 14.6. The van der Waals surface area contributed by atoms with E-state index in [1.54, 1.807) is 37.3 Å². The summed E-state index contributed by atoms with van der Waals surface area (Å²) in [6.45, 7) is 5.66. The minimum Gasteiger partial charge on any atom is -0.490 e. The van der Waals surface area contributed by atoms with Crippen molar-refractivity contribution in [3.63, 3.8) is 0 Å². The van der Waals surface area contributed by atoms with Crippen molar-refractivity contribution >= 4 is 0 Å². The lowest BCUT2D eigenvalue weighted by Gasteiger charge is -2.11. The second-order valence-electron chi connectivity index (χ2n) is 7.30. The molecule has 0 amide bonds. The predicted octanol–water partition coefficient (Wildman–Crippen LogP) is 7.21. The van der Waals surface area contributed by atoms with E-state index in [4.69, 9.17) is 4.74 Å². The number of ether oxygens (including phenoxy) is 1. The zero-order chi connectivity index (χ0) is 21.5. The molecular weight excluding hydrogens is 385 g/mol. The van der Waals surface area contributed by atoms with Crippen LogP contribution in [0.3, 0.4) is 0 Å². The fraction of sp³-hybridized carbons (Fsp3) is 0.231. The van der Waals surface area contributed by atoms with Crippen LogP contribution < -0.4 is 4.74 Å². The van der Waals surface area contributed by atoms with E-state index in [9.17, 15) is 13.2 Å². The molecule has 3 aromatic carbocycles. The van der Waals surface area contributed by atoms with Gasteiger partial charge in [-0.1, -0.05) is 42.5 Å². The number of halogens is 3. The maximum Gasteiger partial charge on any atom is 0.201 e. The van der Waals surface area contributed by atoms with Crippen molar-refractivity contribution in [1.29, 1.82) is 0 Å². The van der Waals surface area contributed by atoms with Crippen LogP contribution in [0.5, 0.6) is 5.75 Å². The smallest absolute Gasteiger partial charge is 0.201 e. The van der Waals surface area contributed by atoms with Gasteiger partial charge in [0.05, 0.1) is 6.61 Å². The molecule has 0 spiro atoms. The Kier molecular flexibility index (Phi) is 7.34. The van der Waals surface area contributed by atoms with Crippen LogP contribution in [0.4, 0.5) is 13.2 Å². The summed E-state index contributed by atoms with van der Waals surface area (Å²) in [5, 5.41) is 0. The molecule has 0 aromatic heterocycles. The quantitative estimate of drug-likeness (QED) is 0.267. The van der Waals surface area contributed by atoms with E-state index in [0.717, 1.165) is 24.0 Å². The number of rotatable bonds is 9. The molecule has 0 fully saturated rings. The zero-order valence-corrected chi connectivity index (χ0v) is 17.1. The summed E-state index contributed by atoms with van der Waals surface area (Å²) in [7, 11) is 0. The Balaban J connectivity index is 1.67. The lowest BCUT2D eigenvalue weighted by atomic mass is 9.99. The molecular formula is C26H25F3O. The predicted molar refractivity (Wildman–Crippen MR) is 115 cm³/mol. The van der Waals surface area contributed by atoms with Gasteiger partial charge in [-0.05, 0) is 73.1 Å². The van der Waals surface area contributed by atoms with E-state index in [1.807, 2.05) is 18.2 Å². The van der Waals surface area contributed by atoms with Crippen molar-refractivity contribution in [2.24, 2.45) is 0 Å². The van der Waals surface area contributed by atoms with E-state index in [2.05, 4.69) is 6.58 Å². The van der Waals surface area contributed by atoms with Crippen LogP contribution in [0, 0.1) is 24.4 Å². The minimum absolute atomic E-state index is 0.0812. The molecule has 0 aliphatic carbocycles. The summed E-state index contributed by atoms with van der Waals surface area (Å²) in [5.41, 5.74) is 3.39. The van der Waals surface area contributed by atoms with E-state index in [-0.39, 0.29) is 17.1 Å². The lowest BCUT2D eigenvalue weighted by Crippen LogP contribution is -2.01. The monoisotopic (exact) mass is 410 g/mol. The first-order valence-electron chi connectivity index (χ1n) is 10.1. The van der Waals surface area contributed by atoms with Crippen molar-refractivity contribution < 1.29 is 17.9 Å². The van der Waals surface area contributed by atoms with Crippen LogP contribution in [0.25, 0.3) is 11.1 Å². The average Bonchev–Trinajstić information content (AvgIpc) is 2.75. The molecule has 3 aromatic rings. The summed E-state index contributed by atoms with van der Waals surface area (Å²) < 4.78 is 47.9. The summed E-state index contributed by atoms with van der Waals surface area (Å²) in [6, 6.07) is 15.6. The van der Waals surface area contributed by atoms with Gasteiger partial charge in [-0.3, -0.25) is 0 Å². The van der Waals surface area contributed by atoms with Crippen LogP contribution in [0.2, 0.25) is 0 Å². The number of aryl methyl sites for hydroxylation is 3. The fourth-order valence-electron chi connectivity index (χ4n) is 3.21. The SMILES string of the molecule is C=CCCCOc1ccc(-c2ccc(CCc3ccc(C)c(F)c3)cc2)c(F)c1F. The third-order valence-electron chi connectivity index (χ3n) is 5.06. The van der Waals surface area contributed by atoms with Gasteiger partial charge in [0.25, 0.3) is 0 Å². The van der Waals surface area contributed by atoms with Gasteiger partial charge in [-0.15, -0.1) is 6.58 Å². The molecule has 0 bridgehead atoms. The van der Waals surface area contributed by atoms with E-state index in [1.165, 1.54) is 12.1 Å². The molecule has 30 heavy (non-hydrogen) atoms. The van der Waals surface area contributed by atoms with Gasteiger partial charge in [-0.25, -0.2) is 8.78 Å². The van der Waals surface area contributed by atoms with Crippen molar-refractivity contribution in [2.45, 2.75) is 32.6 Å².